The molecule has 0 radical (unpaired) electrons. The third kappa shape index (κ3) is 2.34. The Labute approximate surface area is 157 Å². The van der Waals surface area contributed by atoms with Gasteiger partial charge in [0, 0.05) is 18.8 Å². The van der Waals surface area contributed by atoms with Crippen molar-refractivity contribution < 1.29 is 14.6 Å². The molecule has 0 aromatic rings. The van der Waals surface area contributed by atoms with Crippen LogP contribution in [0, 0.1) is 40.9 Å². The van der Waals surface area contributed by atoms with Gasteiger partial charge in [-0.3, -0.25) is 4.79 Å². The molecule has 4 aliphatic carbocycles. The van der Waals surface area contributed by atoms with Crippen molar-refractivity contribution in [2.45, 2.75) is 83.8 Å². The minimum atomic E-state index is -0.930. The summed E-state index contributed by atoms with van der Waals surface area (Å²) in [6.45, 7) is 6.18. The van der Waals surface area contributed by atoms with E-state index in [0.717, 1.165) is 51.4 Å². The summed E-state index contributed by atoms with van der Waals surface area (Å²) in [6, 6.07) is 0. The minimum Gasteiger partial charge on any atom is -0.462 e. The number of hydrogen-bond acceptors (Lipinski definition) is 3. The average molecular weight is 357 g/mol. The van der Waals surface area contributed by atoms with Gasteiger partial charge in [-0.15, -0.1) is 6.42 Å². The van der Waals surface area contributed by atoms with E-state index in [1.165, 1.54) is 12.5 Å². The molecular formula is C23H32O3. The van der Waals surface area contributed by atoms with Crippen molar-refractivity contribution in [3.05, 3.63) is 11.6 Å². The number of hydrogen-bond donors (Lipinski definition) is 1. The van der Waals surface area contributed by atoms with Crippen LogP contribution in [0.4, 0.5) is 0 Å². The van der Waals surface area contributed by atoms with Gasteiger partial charge in [0.15, 0.2) is 0 Å². The fourth-order valence-electron chi connectivity index (χ4n) is 7.22. The molecule has 0 amide bonds. The lowest BCUT2D eigenvalue weighted by atomic mass is 9.47. The van der Waals surface area contributed by atoms with Crippen molar-refractivity contribution in [1.82, 2.24) is 0 Å². The zero-order chi connectivity index (χ0) is 18.7. The fraction of sp³-hybridized carbons (Fsp3) is 0.783. The highest BCUT2D eigenvalue weighted by molar-refractivity contribution is 5.66. The van der Waals surface area contributed by atoms with Crippen LogP contribution in [0.1, 0.15) is 72.1 Å². The minimum absolute atomic E-state index is 0.0512. The van der Waals surface area contributed by atoms with Crippen LogP contribution in [0.3, 0.4) is 0 Å². The van der Waals surface area contributed by atoms with Gasteiger partial charge in [0.25, 0.3) is 0 Å². The van der Waals surface area contributed by atoms with Crippen molar-refractivity contribution in [1.29, 1.82) is 0 Å². The number of aliphatic hydroxyl groups is 1. The maximum absolute atomic E-state index is 11.3. The van der Waals surface area contributed by atoms with E-state index in [1.54, 1.807) is 0 Å². The summed E-state index contributed by atoms with van der Waals surface area (Å²) >= 11 is 0. The molecule has 3 nitrogen and oxygen atoms in total. The molecule has 0 aliphatic heterocycles. The van der Waals surface area contributed by atoms with Crippen molar-refractivity contribution in [2.75, 3.05) is 0 Å². The van der Waals surface area contributed by atoms with Gasteiger partial charge in [-0.05, 0) is 68.1 Å². The Morgan fingerprint density at radius 1 is 1.23 bits per heavy atom. The molecule has 3 fully saturated rings. The molecule has 4 rings (SSSR count). The van der Waals surface area contributed by atoms with Crippen molar-refractivity contribution >= 4 is 5.97 Å². The van der Waals surface area contributed by atoms with E-state index in [1.807, 2.05) is 0 Å². The molecule has 0 spiro atoms. The Morgan fingerprint density at radius 2 is 1.96 bits per heavy atom. The van der Waals surface area contributed by atoms with Gasteiger partial charge < -0.3 is 9.84 Å². The quantitative estimate of drug-likeness (QED) is 0.434. The van der Waals surface area contributed by atoms with Crippen LogP contribution < -0.4 is 0 Å². The van der Waals surface area contributed by atoms with Crippen LogP contribution in [-0.4, -0.2) is 22.8 Å². The zero-order valence-electron chi connectivity index (χ0n) is 16.4. The molecule has 7 atom stereocenters. The standard InChI is InChI=1S/C23H32O3/c1-5-23(25)13-10-20-18-7-6-16-14-17(26-15(2)24)8-11-21(16,3)19(18)9-12-22(20,23)4/h1,6,17-20,25H,7-14H2,2-4H3/t17-,18-,19+,20-,21+,22-,23+/m1/s1. The zero-order valence-corrected chi connectivity index (χ0v) is 16.4. The number of esters is 1. The first-order valence-electron chi connectivity index (χ1n) is 10.3. The van der Waals surface area contributed by atoms with E-state index < -0.39 is 5.60 Å². The predicted molar refractivity (Wildman–Crippen MR) is 101 cm³/mol. The Hall–Kier alpha value is -1.27. The van der Waals surface area contributed by atoms with Gasteiger partial charge in [0.1, 0.15) is 11.7 Å². The van der Waals surface area contributed by atoms with Crippen LogP contribution in [0.25, 0.3) is 0 Å². The van der Waals surface area contributed by atoms with E-state index in [2.05, 4.69) is 25.8 Å². The molecule has 0 heterocycles. The fourth-order valence-corrected chi connectivity index (χ4v) is 7.22. The lowest BCUT2D eigenvalue weighted by molar-refractivity contribution is -0.149. The predicted octanol–water partition coefficient (Wildman–Crippen LogP) is 4.25. The molecule has 1 N–H and O–H groups in total. The number of fused-ring (bicyclic) bond motifs is 5. The highest BCUT2D eigenvalue weighted by Gasteiger charge is 2.63. The number of ether oxygens (including phenoxy) is 1. The number of allylic oxidation sites excluding steroid dienone is 1. The molecule has 0 aromatic carbocycles. The molecule has 26 heavy (non-hydrogen) atoms. The molecular weight excluding hydrogens is 324 g/mol. The Balaban J connectivity index is 1.61. The second kappa shape index (κ2) is 5.86. The first-order valence-corrected chi connectivity index (χ1v) is 10.3. The summed E-state index contributed by atoms with van der Waals surface area (Å²) in [4.78, 5) is 11.3. The van der Waals surface area contributed by atoms with Gasteiger partial charge in [-0.25, -0.2) is 0 Å². The summed E-state index contributed by atoms with van der Waals surface area (Å²) in [5, 5.41) is 11.1. The van der Waals surface area contributed by atoms with Crippen LogP contribution >= 0.6 is 0 Å². The van der Waals surface area contributed by atoms with E-state index in [4.69, 9.17) is 11.2 Å². The highest BCUT2D eigenvalue weighted by Crippen LogP contribution is 2.67. The molecule has 0 bridgehead atoms. The Kier molecular flexibility index (Phi) is 4.08. The van der Waals surface area contributed by atoms with E-state index in [9.17, 15) is 9.90 Å². The molecule has 0 unspecified atom stereocenters. The number of rotatable bonds is 1. The maximum Gasteiger partial charge on any atom is 0.302 e. The lowest BCUT2D eigenvalue weighted by Gasteiger charge is -2.58. The summed E-state index contributed by atoms with van der Waals surface area (Å²) in [5.41, 5.74) is 0.655. The monoisotopic (exact) mass is 356 g/mol. The second-order valence-electron chi connectivity index (χ2n) is 9.73. The Bertz CT molecular complexity index is 688. The molecule has 3 saturated carbocycles. The topological polar surface area (TPSA) is 46.5 Å². The molecule has 142 valence electrons. The third-order valence-corrected chi connectivity index (χ3v) is 8.78. The highest BCUT2D eigenvalue weighted by atomic mass is 16.5. The molecule has 3 heteroatoms. The second-order valence-corrected chi connectivity index (χ2v) is 9.73. The molecule has 4 aliphatic rings. The smallest absolute Gasteiger partial charge is 0.302 e. The van der Waals surface area contributed by atoms with Crippen LogP contribution in [0.2, 0.25) is 0 Å². The maximum atomic E-state index is 11.3. The first-order chi connectivity index (χ1) is 12.2. The van der Waals surface area contributed by atoms with Gasteiger partial charge in [0.2, 0.25) is 0 Å². The van der Waals surface area contributed by atoms with E-state index >= 15 is 0 Å². The number of carbonyl (C=O) groups excluding carboxylic acids is 1. The lowest BCUT2D eigenvalue weighted by Crippen LogP contribution is -2.54. The Morgan fingerprint density at radius 3 is 2.65 bits per heavy atom. The van der Waals surface area contributed by atoms with E-state index in [0.29, 0.717) is 17.8 Å². The number of carbonyl (C=O) groups is 1. The van der Waals surface area contributed by atoms with Crippen LogP contribution in [-0.2, 0) is 9.53 Å². The number of terminal acetylenes is 1. The third-order valence-electron chi connectivity index (χ3n) is 8.78. The van der Waals surface area contributed by atoms with Gasteiger partial charge >= 0.3 is 5.97 Å². The van der Waals surface area contributed by atoms with E-state index in [-0.39, 0.29) is 22.9 Å². The molecule has 0 aromatic heterocycles. The van der Waals surface area contributed by atoms with Gasteiger partial charge in [-0.2, -0.15) is 0 Å². The summed E-state index contributed by atoms with van der Waals surface area (Å²) < 4.78 is 5.51. The van der Waals surface area contributed by atoms with Crippen molar-refractivity contribution in [3.63, 3.8) is 0 Å². The average Bonchev–Trinajstić information content (AvgIpc) is 2.87. The van der Waals surface area contributed by atoms with Crippen molar-refractivity contribution in [2.24, 2.45) is 28.6 Å². The largest absolute Gasteiger partial charge is 0.462 e. The summed E-state index contributed by atoms with van der Waals surface area (Å²) in [5.74, 6) is 4.39. The van der Waals surface area contributed by atoms with Gasteiger partial charge in [0.05, 0.1) is 0 Å². The summed E-state index contributed by atoms with van der Waals surface area (Å²) in [6.07, 6.45) is 16.3. The normalized spacial score (nSPS) is 49.9. The summed E-state index contributed by atoms with van der Waals surface area (Å²) in [7, 11) is 0. The van der Waals surface area contributed by atoms with Crippen molar-refractivity contribution in [3.8, 4) is 12.3 Å². The SMILES string of the molecule is C#C[C@]1(O)CC[C@@H]2[C@@H]3CC=C4C[C@H](OC(C)=O)CC[C@]4(C)[C@H]3CC[C@]21C. The first kappa shape index (κ1) is 18.1. The van der Waals surface area contributed by atoms with Crippen LogP contribution in [0.5, 0.6) is 0 Å². The van der Waals surface area contributed by atoms with Crippen LogP contribution in [0.15, 0.2) is 11.6 Å². The molecule has 0 saturated heterocycles. The van der Waals surface area contributed by atoms with Gasteiger partial charge in [-0.1, -0.05) is 31.4 Å².